The first-order valence-corrected chi connectivity index (χ1v) is 6.61. The second-order valence-corrected chi connectivity index (χ2v) is 5.67. The Bertz CT molecular complexity index is 528. The van der Waals surface area contributed by atoms with Crippen molar-refractivity contribution in [2.75, 3.05) is 19.6 Å². The summed E-state index contributed by atoms with van der Waals surface area (Å²) < 4.78 is 1.46. The molecule has 0 spiro atoms. The van der Waals surface area contributed by atoms with Gasteiger partial charge in [-0.15, -0.1) is 0 Å². The van der Waals surface area contributed by atoms with Crippen molar-refractivity contribution in [3.63, 3.8) is 0 Å². The SMILES string of the molecule is Cn1ccc(C(=O)N2CCC(C)(CN)CC2)cc1=O. The Morgan fingerprint density at radius 1 is 1.42 bits per heavy atom. The van der Waals surface area contributed by atoms with Crippen molar-refractivity contribution in [1.29, 1.82) is 0 Å². The Morgan fingerprint density at radius 2 is 2.05 bits per heavy atom. The van der Waals surface area contributed by atoms with E-state index in [1.54, 1.807) is 19.3 Å². The number of carbonyl (C=O) groups is 1. The van der Waals surface area contributed by atoms with E-state index in [0.717, 1.165) is 12.8 Å². The zero-order chi connectivity index (χ0) is 14.0. The van der Waals surface area contributed by atoms with Crippen LogP contribution in [0.2, 0.25) is 0 Å². The lowest BCUT2D eigenvalue weighted by Crippen LogP contribution is -2.45. The maximum Gasteiger partial charge on any atom is 0.254 e. The molecule has 1 aliphatic heterocycles. The van der Waals surface area contributed by atoms with Gasteiger partial charge in [0.15, 0.2) is 0 Å². The molecule has 1 fully saturated rings. The first kappa shape index (κ1) is 13.8. The highest BCUT2D eigenvalue weighted by Gasteiger charge is 2.31. The monoisotopic (exact) mass is 263 g/mol. The van der Waals surface area contributed by atoms with Crippen LogP contribution in [0.3, 0.4) is 0 Å². The van der Waals surface area contributed by atoms with Crippen molar-refractivity contribution < 1.29 is 4.79 Å². The van der Waals surface area contributed by atoms with Gasteiger partial charge >= 0.3 is 0 Å². The van der Waals surface area contributed by atoms with E-state index in [4.69, 9.17) is 5.73 Å². The van der Waals surface area contributed by atoms with Crippen LogP contribution in [0.5, 0.6) is 0 Å². The molecule has 1 aromatic heterocycles. The maximum atomic E-state index is 12.3. The number of amides is 1. The van der Waals surface area contributed by atoms with Crippen LogP contribution in [0.15, 0.2) is 23.1 Å². The molecule has 0 atom stereocenters. The van der Waals surface area contributed by atoms with E-state index in [9.17, 15) is 9.59 Å². The van der Waals surface area contributed by atoms with Gasteiger partial charge in [-0.25, -0.2) is 0 Å². The van der Waals surface area contributed by atoms with Crippen LogP contribution in [-0.2, 0) is 7.05 Å². The third-order valence-corrected chi connectivity index (χ3v) is 4.10. The topological polar surface area (TPSA) is 68.3 Å². The van der Waals surface area contributed by atoms with Crippen molar-refractivity contribution in [3.8, 4) is 0 Å². The molecule has 0 aromatic carbocycles. The molecule has 104 valence electrons. The third kappa shape index (κ3) is 2.87. The van der Waals surface area contributed by atoms with Crippen LogP contribution in [0, 0.1) is 5.41 Å². The summed E-state index contributed by atoms with van der Waals surface area (Å²) in [5, 5.41) is 0. The highest BCUT2D eigenvalue weighted by molar-refractivity contribution is 5.94. The van der Waals surface area contributed by atoms with Crippen LogP contribution < -0.4 is 11.3 Å². The number of likely N-dealkylation sites (tertiary alicyclic amines) is 1. The molecule has 1 aromatic rings. The van der Waals surface area contributed by atoms with E-state index < -0.39 is 0 Å². The molecule has 0 radical (unpaired) electrons. The van der Waals surface area contributed by atoms with Crippen LogP contribution in [-0.4, -0.2) is 35.0 Å². The molecule has 5 heteroatoms. The Hall–Kier alpha value is -1.62. The molecule has 2 N–H and O–H groups in total. The number of pyridine rings is 1. The van der Waals surface area contributed by atoms with Gasteiger partial charge in [0.25, 0.3) is 11.5 Å². The Kier molecular flexibility index (Phi) is 3.75. The molecule has 1 aliphatic rings. The van der Waals surface area contributed by atoms with Gasteiger partial charge in [-0.3, -0.25) is 9.59 Å². The number of rotatable bonds is 2. The number of carbonyl (C=O) groups excluding carboxylic acids is 1. The highest BCUT2D eigenvalue weighted by atomic mass is 16.2. The van der Waals surface area contributed by atoms with Gasteiger partial charge < -0.3 is 15.2 Å². The van der Waals surface area contributed by atoms with E-state index in [-0.39, 0.29) is 16.9 Å². The molecular weight excluding hydrogens is 242 g/mol. The normalized spacial score (nSPS) is 18.4. The molecule has 2 heterocycles. The fourth-order valence-corrected chi connectivity index (χ4v) is 2.32. The average molecular weight is 263 g/mol. The van der Waals surface area contributed by atoms with Crippen molar-refractivity contribution in [3.05, 3.63) is 34.2 Å². The van der Waals surface area contributed by atoms with Gasteiger partial charge in [0, 0.05) is 38.0 Å². The number of aromatic nitrogens is 1. The zero-order valence-corrected chi connectivity index (χ0v) is 11.6. The number of piperidine rings is 1. The predicted molar refractivity (Wildman–Crippen MR) is 74.0 cm³/mol. The minimum Gasteiger partial charge on any atom is -0.339 e. The van der Waals surface area contributed by atoms with E-state index in [2.05, 4.69) is 6.92 Å². The minimum absolute atomic E-state index is 0.0585. The summed E-state index contributed by atoms with van der Waals surface area (Å²) in [6.45, 7) is 4.23. The van der Waals surface area contributed by atoms with Gasteiger partial charge in [-0.1, -0.05) is 6.92 Å². The summed E-state index contributed by atoms with van der Waals surface area (Å²) in [6.07, 6.45) is 3.46. The average Bonchev–Trinajstić information content (AvgIpc) is 2.42. The molecule has 1 amide bonds. The summed E-state index contributed by atoms with van der Waals surface area (Å²) in [5.74, 6) is -0.0585. The van der Waals surface area contributed by atoms with Gasteiger partial charge in [-0.2, -0.15) is 0 Å². The van der Waals surface area contributed by atoms with Crippen molar-refractivity contribution in [2.45, 2.75) is 19.8 Å². The Morgan fingerprint density at radius 3 is 2.58 bits per heavy atom. The van der Waals surface area contributed by atoms with Crippen LogP contribution in [0.1, 0.15) is 30.1 Å². The quantitative estimate of drug-likeness (QED) is 0.849. The van der Waals surface area contributed by atoms with Crippen molar-refractivity contribution in [1.82, 2.24) is 9.47 Å². The van der Waals surface area contributed by atoms with Crippen LogP contribution in [0.25, 0.3) is 0 Å². The number of hydrogen-bond acceptors (Lipinski definition) is 3. The largest absolute Gasteiger partial charge is 0.339 e. The van der Waals surface area contributed by atoms with Crippen molar-refractivity contribution in [2.24, 2.45) is 18.2 Å². The van der Waals surface area contributed by atoms with E-state index in [1.165, 1.54) is 10.6 Å². The van der Waals surface area contributed by atoms with Gasteiger partial charge in [0.2, 0.25) is 0 Å². The van der Waals surface area contributed by atoms with Crippen molar-refractivity contribution >= 4 is 5.91 Å². The van der Waals surface area contributed by atoms with Gasteiger partial charge in [0.05, 0.1) is 0 Å². The molecule has 2 rings (SSSR count). The highest BCUT2D eigenvalue weighted by Crippen LogP contribution is 2.29. The lowest BCUT2D eigenvalue weighted by molar-refractivity contribution is 0.0617. The van der Waals surface area contributed by atoms with Gasteiger partial charge in [0.1, 0.15) is 0 Å². The molecule has 0 bridgehead atoms. The van der Waals surface area contributed by atoms with E-state index in [1.807, 2.05) is 4.90 Å². The lowest BCUT2D eigenvalue weighted by Gasteiger charge is -2.38. The number of nitrogens with two attached hydrogens (primary N) is 1. The fourth-order valence-electron chi connectivity index (χ4n) is 2.32. The summed E-state index contributed by atoms with van der Waals surface area (Å²) in [5.41, 5.74) is 6.22. The Balaban J connectivity index is 2.09. The summed E-state index contributed by atoms with van der Waals surface area (Å²) in [6, 6.07) is 3.10. The molecule has 0 saturated carbocycles. The zero-order valence-electron chi connectivity index (χ0n) is 11.6. The van der Waals surface area contributed by atoms with E-state index in [0.29, 0.717) is 25.2 Å². The summed E-state index contributed by atoms with van der Waals surface area (Å²) in [7, 11) is 1.67. The lowest BCUT2D eigenvalue weighted by atomic mass is 9.80. The van der Waals surface area contributed by atoms with E-state index >= 15 is 0 Å². The number of nitrogens with zero attached hydrogens (tertiary/aromatic N) is 2. The van der Waals surface area contributed by atoms with Crippen LogP contribution >= 0.6 is 0 Å². The molecule has 0 unspecified atom stereocenters. The molecule has 5 nitrogen and oxygen atoms in total. The molecule has 19 heavy (non-hydrogen) atoms. The first-order chi connectivity index (χ1) is 8.95. The standard InChI is InChI=1S/C14H21N3O2/c1-14(10-15)4-7-17(8-5-14)13(19)11-3-6-16(2)12(18)9-11/h3,6,9H,4-5,7-8,10,15H2,1-2H3. The number of aryl methyl sites for hydroxylation is 1. The maximum absolute atomic E-state index is 12.3. The summed E-state index contributed by atoms with van der Waals surface area (Å²) >= 11 is 0. The molecular formula is C14H21N3O2. The second-order valence-electron chi connectivity index (χ2n) is 5.67. The minimum atomic E-state index is -0.158. The first-order valence-electron chi connectivity index (χ1n) is 6.61. The summed E-state index contributed by atoms with van der Waals surface area (Å²) in [4.78, 5) is 25.7. The molecule has 0 aliphatic carbocycles. The molecule has 1 saturated heterocycles. The third-order valence-electron chi connectivity index (χ3n) is 4.10. The van der Waals surface area contributed by atoms with Gasteiger partial charge in [-0.05, 0) is 30.9 Å². The Labute approximate surface area is 113 Å². The number of hydrogen-bond donors (Lipinski definition) is 1. The van der Waals surface area contributed by atoms with Crippen LogP contribution in [0.4, 0.5) is 0 Å². The smallest absolute Gasteiger partial charge is 0.254 e. The second kappa shape index (κ2) is 5.17. The fraction of sp³-hybridized carbons (Fsp3) is 0.571. The predicted octanol–water partition coefficient (Wildman–Crippen LogP) is 0.586.